The molecule has 1 amide bonds. The average molecular weight is 333 g/mol. The Morgan fingerprint density at radius 2 is 1.96 bits per heavy atom. The summed E-state index contributed by atoms with van der Waals surface area (Å²) in [4.78, 5) is 14.2. The molecule has 2 heterocycles. The van der Waals surface area contributed by atoms with Gasteiger partial charge in [-0.2, -0.15) is 5.10 Å². The van der Waals surface area contributed by atoms with Crippen molar-refractivity contribution >= 4 is 21.4 Å². The molecule has 1 aromatic carbocycles. The fourth-order valence-electron chi connectivity index (χ4n) is 2.99. The number of carbonyl (C=O) groups excluding carboxylic acids is 1. The number of aromatic nitrogens is 2. The fourth-order valence-corrected chi connectivity index (χ4v) is 4.60. The molecule has 122 valence electrons. The molecule has 0 N–H and O–H groups in total. The van der Waals surface area contributed by atoms with Crippen molar-refractivity contribution in [3.05, 3.63) is 41.6 Å². The molecule has 1 aliphatic heterocycles. The van der Waals surface area contributed by atoms with Gasteiger partial charge in [0.05, 0.1) is 11.4 Å². The predicted molar refractivity (Wildman–Crippen MR) is 87.1 cm³/mol. The van der Waals surface area contributed by atoms with Gasteiger partial charge in [0.1, 0.15) is 5.69 Å². The van der Waals surface area contributed by atoms with Crippen molar-refractivity contribution in [1.29, 1.82) is 0 Å². The third kappa shape index (κ3) is 2.88. The van der Waals surface area contributed by atoms with E-state index in [0.29, 0.717) is 24.2 Å². The topological polar surface area (TPSA) is 72.3 Å². The van der Waals surface area contributed by atoms with E-state index in [4.69, 9.17) is 0 Å². The summed E-state index contributed by atoms with van der Waals surface area (Å²) in [6.45, 7) is 1.92. The van der Waals surface area contributed by atoms with E-state index in [0.717, 1.165) is 5.56 Å². The van der Waals surface area contributed by atoms with Crippen LogP contribution >= 0.6 is 0 Å². The van der Waals surface area contributed by atoms with Crippen LogP contribution in [0.4, 0.5) is 5.69 Å². The Kier molecular flexibility index (Phi) is 3.97. The lowest BCUT2D eigenvalue weighted by Gasteiger charge is -2.27. The summed E-state index contributed by atoms with van der Waals surface area (Å²) < 4.78 is 25.9. The van der Waals surface area contributed by atoms with E-state index < -0.39 is 9.84 Å². The number of rotatable bonds is 3. The Morgan fingerprint density at radius 1 is 1.26 bits per heavy atom. The summed E-state index contributed by atoms with van der Waals surface area (Å²) in [6, 6.07) is 9.78. The van der Waals surface area contributed by atoms with Crippen molar-refractivity contribution < 1.29 is 13.2 Å². The minimum absolute atomic E-state index is 0.0595. The van der Waals surface area contributed by atoms with Gasteiger partial charge in [0.25, 0.3) is 0 Å². The fraction of sp³-hybridized carbons (Fsp3) is 0.375. The van der Waals surface area contributed by atoms with Crippen LogP contribution in [-0.4, -0.2) is 36.4 Å². The lowest BCUT2D eigenvalue weighted by Crippen LogP contribution is -2.40. The van der Waals surface area contributed by atoms with Crippen molar-refractivity contribution in [2.75, 3.05) is 17.2 Å². The molecule has 1 aliphatic rings. The molecule has 3 rings (SSSR count). The highest BCUT2D eigenvalue weighted by Gasteiger charge is 2.36. The lowest BCUT2D eigenvalue weighted by atomic mass is 10.1. The van der Waals surface area contributed by atoms with Gasteiger partial charge in [-0.05, 0) is 18.9 Å². The molecule has 7 heteroatoms. The number of fused-ring (bicyclic) bond motifs is 1. The van der Waals surface area contributed by atoms with Crippen LogP contribution in [0.15, 0.2) is 35.4 Å². The first kappa shape index (κ1) is 15.7. The Hall–Kier alpha value is -2.15. The largest absolute Gasteiger partial charge is 0.307 e. The van der Waals surface area contributed by atoms with E-state index in [9.17, 15) is 13.2 Å². The van der Waals surface area contributed by atoms with Crippen LogP contribution in [0.1, 0.15) is 17.7 Å². The van der Waals surface area contributed by atoms with Gasteiger partial charge in [-0.15, -0.1) is 0 Å². The van der Waals surface area contributed by atoms with E-state index in [-0.39, 0.29) is 23.2 Å². The quantitative estimate of drug-likeness (QED) is 0.853. The normalized spacial score (nSPS) is 16.2. The van der Waals surface area contributed by atoms with E-state index in [1.54, 1.807) is 18.9 Å². The highest BCUT2D eigenvalue weighted by Crippen LogP contribution is 2.33. The van der Waals surface area contributed by atoms with E-state index in [1.165, 1.54) is 4.68 Å². The first-order valence-corrected chi connectivity index (χ1v) is 9.16. The minimum atomic E-state index is -3.38. The average Bonchev–Trinajstić information content (AvgIpc) is 2.82. The van der Waals surface area contributed by atoms with Gasteiger partial charge >= 0.3 is 0 Å². The Morgan fingerprint density at radius 3 is 2.65 bits per heavy atom. The molecule has 0 saturated heterocycles. The predicted octanol–water partition coefficient (Wildman–Crippen LogP) is 1.48. The molecule has 0 aliphatic carbocycles. The van der Waals surface area contributed by atoms with Crippen molar-refractivity contribution in [2.45, 2.75) is 24.8 Å². The highest BCUT2D eigenvalue weighted by molar-refractivity contribution is 7.91. The molecule has 0 unspecified atom stereocenters. The monoisotopic (exact) mass is 333 g/mol. The Balaban J connectivity index is 1.85. The van der Waals surface area contributed by atoms with E-state index in [2.05, 4.69) is 5.10 Å². The summed E-state index contributed by atoms with van der Waals surface area (Å²) in [6.07, 6.45) is 0.982. The molecular formula is C16H19N3O3S. The number of amides is 1. The van der Waals surface area contributed by atoms with Crippen LogP contribution in [0.3, 0.4) is 0 Å². The molecule has 0 atom stereocenters. The van der Waals surface area contributed by atoms with Crippen molar-refractivity contribution in [3.8, 4) is 0 Å². The third-order valence-corrected chi connectivity index (χ3v) is 5.83. The molecule has 0 bridgehead atoms. The van der Waals surface area contributed by atoms with Crippen molar-refractivity contribution in [2.24, 2.45) is 7.05 Å². The second kappa shape index (κ2) is 5.81. The molecule has 1 aromatic heterocycles. The molecule has 2 aromatic rings. The van der Waals surface area contributed by atoms with Gasteiger partial charge in [-0.25, -0.2) is 8.42 Å². The van der Waals surface area contributed by atoms with Gasteiger partial charge < -0.3 is 4.90 Å². The van der Waals surface area contributed by atoms with Crippen LogP contribution < -0.4 is 4.90 Å². The second-order valence-electron chi connectivity index (χ2n) is 5.71. The van der Waals surface area contributed by atoms with Gasteiger partial charge in [-0.3, -0.25) is 9.48 Å². The third-order valence-electron chi connectivity index (χ3n) is 4.06. The Labute approximate surface area is 135 Å². The zero-order chi connectivity index (χ0) is 16.6. The first-order chi connectivity index (χ1) is 10.9. The molecule has 6 nitrogen and oxygen atoms in total. The standard InChI is InChI=1S/C16H19N3O3S/c1-12-15-16(18(2)17-12)23(21,22)11-10-19(15)14(20)9-8-13-6-4-3-5-7-13/h3-7H,8-11H2,1-2H3. The summed E-state index contributed by atoms with van der Waals surface area (Å²) in [7, 11) is -1.78. The minimum Gasteiger partial charge on any atom is -0.307 e. The molecular weight excluding hydrogens is 314 g/mol. The highest BCUT2D eigenvalue weighted by atomic mass is 32.2. The SMILES string of the molecule is Cc1nn(C)c2c1N(C(=O)CCc1ccccc1)CCS2(=O)=O. The number of carbonyl (C=O) groups is 1. The second-order valence-corrected chi connectivity index (χ2v) is 7.74. The zero-order valence-electron chi connectivity index (χ0n) is 13.2. The van der Waals surface area contributed by atoms with Crippen LogP contribution in [0.25, 0.3) is 0 Å². The van der Waals surface area contributed by atoms with Crippen LogP contribution in [0.2, 0.25) is 0 Å². The summed E-state index contributed by atoms with van der Waals surface area (Å²) >= 11 is 0. The van der Waals surface area contributed by atoms with E-state index >= 15 is 0 Å². The number of hydrogen-bond donors (Lipinski definition) is 0. The van der Waals surface area contributed by atoms with Crippen molar-refractivity contribution in [3.63, 3.8) is 0 Å². The number of benzene rings is 1. The van der Waals surface area contributed by atoms with Crippen LogP contribution in [-0.2, 0) is 28.1 Å². The maximum atomic E-state index is 12.6. The summed E-state index contributed by atoms with van der Waals surface area (Å²) in [5.41, 5.74) is 2.10. The molecule has 0 radical (unpaired) electrons. The molecule has 0 fully saturated rings. The van der Waals surface area contributed by atoms with Crippen molar-refractivity contribution in [1.82, 2.24) is 9.78 Å². The number of hydrogen-bond acceptors (Lipinski definition) is 4. The van der Waals surface area contributed by atoms with Gasteiger partial charge in [0.2, 0.25) is 5.91 Å². The number of anilines is 1. The van der Waals surface area contributed by atoms with Gasteiger partial charge in [0, 0.05) is 20.0 Å². The number of nitrogens with zero attached hydrogens (tertiary/aromatic N) is 3. The maximum absolute atomic E-state index is 12.6. The number of sulfone groups is 1. The molecule has 0 saturated carbocycles. The summed E-state index contributed by atoms with van der Waals surface area (Å²) in [5, 5.41) is 4.33. The maximum Gasteiger partial charge on any atom is 0.227 e. The zero-order valence-corrected chi connectivity index (χ0v) is 14.0. The van der Waals surface area contributed by atoms with Crippen LogP contribution in [0, 0.1) is 6.92 Å². The Bertz CT molecular complexity index is 841. The smallest absolute Gasteiger partial charge is 0.227 e. The molecule has 0 spiro atoms. The summed E-state index contributed by atoms with van der Waals surface area (Å²) in [5.74, 6) is -0.128. The van der Waals surface area contributed by atoms with Gasteiger partial charge in [0.15, 0.2) is 14.9 Å². The van der Waals surface area contributed by atoms with E-state index in [1.807, 2.05) is 30.3 Å². The molecule has 23 heavy (non-hydrogen) atoms. The number of aryl methyl sites for hydroxylation is 3. The lowest BCUT2D eigenvalue weighted by molar-refractivity contribution is -0.118. The van der Waals surface area contributed by atoms with Crippen LogP contribution in [0.5, 0.6) is 0 Å². The first-order valence-electron chi connectivity index (χ1n) is 7.51. The van der Waals surface area contributed by atoms with Gasteiger partial charge in [-0.1, -0.05) is 30.3 Å².